The number of hydrogen-bond donors (Lipinski definition) is 0. The van der Waals surface area contributed by atoms with Crippen LogP contribution in [0.5, 0.6) is 0 Å². The average molecular weight is 329 g/mol. The molecule has 0 aliphatic heterocycles. The molecule has 0 aromatic carbocycles. The highest BCUT2D eigenvalue weighted by Crippen LogP contribution is 2.31. The maximum absolute atomic E-state index is 11.6. The van der Waals surface area contributed by atoms with E-state index in [-0.39, 0.29) is 6.54 Å². The minimum Gasteiger partial charge on any atom is -0.465 e. The van der Waals surface area contributed by atoms with Crippen LogP contribution in [0.3, 0.4) is 0 Å². The number of ether oxygens (including phenoxy) is 1. The topological polar surface area (TPSA) is 48.0 Å². The van der Waals surface area contributed by atoms with E-state index in [0.717, 1.165) is 0 Å². The summed E-state index contributed by atoms with van der Waals surface area (Å²) in [5.74, 6) is -0.505. The molecule has 0 saturated carbocycles. The molecule has 0 unspecified atom stereocenters. The van der Waals surface area contributed by atoms with Crippen molar-refractivity contribution in [1.82, 2.24) is 9.61 Å². The number of halogens is 2. The summed E-state index contributed by atoms with van der Waals surface area (Å²) < 4.78 is 6.80. The second kappa shape index (κ2) is 4.96. The number of nitrogens with zero attached hydrogens (tertiary/aromatic N) is 3. The third-order valence-electron chi connectivity index (χ3n) is 2.43. The van der Waals surface area contributed by atoms with Gasteiger partial charge in [0.2, 0.25) is 6.54 Å². The van der Waals surface area contributed by atoms with Crippen LogP contribution in [0.2, 0.25) is 5.02 Å². The number of methoxy groups -OCH3 is 1. The predicted molar refractivity (Wildman–Crippen MR) is 69.5 cm³/mol. The molecule has 0 radical (unpaired) electrons. The summed E-state index contributed by atoms with van der Waals surface area (Å²) in [7, 11) is 1.29. The maximum Gasteiger partial charge on any atom is 0.341 e. The second-order valence-corrected chi connectivity index (χ2v) is 4.66. The van der Waals surface area contributed by atoms with Crippen molar-refractivity contribution in [2.24, 2.45) is 0 Å². The van der Waals surface area contributed by atoms with Gasteiger partial charge >= 0.3 is 5.97 Å². The molecule has 0 atom stereocenters. The van der Waals surface area contributed by atoms with Gasteiger partial charge in [-0.3, -0.25) is 0 Å². The van der Waals surface area contributed by atoms with Crippen LogP contribution >= 0.6 is 27.5 Å². The first kappa shape index (κ1) is 12.9. The third kappa shape index (κ3) is 1.96. The highest BCUT2D eigenvalue weighted by molar-refractivity contribution is 9.10. The molecule has 0 bridgehead atoms. The number of aromatic nitrogens is 2. The number of fused-ring (bicyclic) bond motifs is 1. The summed E-state index contributed by atoms with van der Waals surface area (Å²) in [4.78, 5) is 14.9. The van der Waals surface area contributed by atoms with E-state index in [1.807, 2.05) is 0 Å². The number of esters is 1. The van der Waals surface area contributed by atoms with E-state index in [0.29, 0.717) is 26.1 Å². The normalized spacial score (nSPS) is 10.3. The fourth-order valence-electron chi connectivity index (χ4n) is 1.66. The Balaban J connectivity index is 2.82. The Kier molecular flexibility index (Phi) is 3.55. The number of rotatable bonds is 2. The lowest BCUT2D eigenvalue weighted by Gasteiger charge is -2.05. The van der Waals surface area contributed by atoms with Crippen LogP contribution in [0.25, 0.3) is 10.4 Å². The molecule has 0 spiro atoms. The monoisotopic (exact) mass is 327 g/mol. The zero-order valence-corrected chi connectivity index (χ0v) is 11.6. The van der Waals surface area contributed by atoms with Crippen LogP contribution < -0.4 is 0 Å². The van der Waals surface area contributed by atoms with Gasteiger partial charge in [0.05, 0.1) is 33.9 Å². The largest absolute Gasteiger partial charge is 0.465 e. The zero-order chi connectivity index (χ0) is 13.3. The molecule has 0 aliphatic carbocycles. The Morgan fingerprint density at radius 2 is 2.44 bits per heavy atom. The fraction of sp³-hybridized carbons (Fsp3) is 0.182. The van der Waals surface area contributed by atoms with Crippen molar-refractivity contribution in [3.05, 3.63) is 44.4 Å². The molecule has 0 amide bonds. The Labute approximate surface area is 116 Å². The van der Waals surface area contributed by atoms with Gasteiger partial charge in [0.1, 0.15) is 5.56 Å². The molecule has 2 aromatic rings. The van der Waals surface area contributed by atoms with Gasteiger partial charge in [0.15, 0.2) is 0 Å². The van der Waals surface area contributed by atoms with Crippen molar-refractivity contribution in [1.29, 1.82) is 0 Å². The van der Waals surface area contributed by atoms with E-state index in [2.05, 4.69) is 30.6 Å². The van der Waals surface area contributed by atoms with Crippen molar-refractivity contribution >= 4 is 39.0 Å². The maximum atomic E-state index is 11.6. The zero-order valence-electron chi connectivity index (χ0n) is 9.28. The lowest BCUT2D eigenvalue weighted by Crippen LogP contribution is -2.03. The Bertz CT molecular complexity index is 675. The second-order valence-electron chi connectivity index (χ2n) is 3.43. The summed E-state index contributed by atoms with van der Waals surface area (Å²) >= 11 is 9.43. The van der Waals surface area contributed by atoms with Gasteiger partial charge in [0, 0.05) is 6.20 Å². The standard InChI is InChI=1S/C11H7BrClN3O2/c1-14-3-6-9(13)8(12)5-16-10(6)7(4-15-16)11(17)18-2/h4-5H,3H2,2H3. The van der Waals surface area contributed by atoms with Gasteiger partial charge in [-0.15, -0.1) is 0 Å². The van der Waals surface area contributed by atoms with Gasteiger partial charge < -0.3 is 9.58 Å². The van der Waals surface area contributed by atoms with E-state index in [1.54, 1.807) is 6.20 Å². The van der Waals surface area contributed by atoms with Gasteiger partial charge in [0.25, 0.3) is 0 Å². The van der Waals surface area contributed by atoms with Crippen LogP contribution in [-0.2, 0) is 11.3 Å². The number of pyridine rings is 1. The SMILES string of the molecule is [C-]#[N+]Cc1c(Cl)c(Br)cn2ncc(C(=O)OC)c12. The first-order chi connectivity index (χ1) is 8.60. The summed E-state index contributed by atoms with van der Waals surface area (Å²) in [6, 6.07) is 0. The molecule has 92 valence electrons. The molecule has 0 N–H and O–H groups in total. The van der Waals surface area contributed by atoms with Crippen molar-refractivity contribution in [3.63, 3.8) is 0 Å². The van der Waals surface area contributed by atoms with Gasteiger partial charge in [-0.1, -0.05) is 11.6 Å². The first-order valence-corrected chi connectivity index (χ1v) is 6.03. The quantitative estimate of drug-likeness (QED) is 0.629. The Morgan fingerprint density at radius 1 is 1.72 bits per heavy atom. The number of carbonyl (C=O) groups is 1. The van der Waals surface area contributed by atoms with E-state index in [4.69, 9.17) is 18.2 Å². The molecular formula is C11H7BrClN3O2. The van der Waals surface area contributed by atoms with Crippen LogP contribution in [-0.4, -0.2) is 22.7 Å². The van der Waals surface area contributed by atoms with Crippen LogP contribution in [0.15, 0.2) is 16.9 Å². The lowest BCUT2D eigenvalue weighted by molar-refractivity contribution is 0.0603. The minimum atomic E-state index is -0.505. The fourth-order valence-corrected chi connectivity index (χ4v) is 2.29. The predicted octanol–water partition coefficient (Wildman–Crippen LogP) is 2.96. The first-order valence-electron chi connectivity index (χ1n) is 4.86. The summed E-state index contributed by atoms with van der Waals surface area (Å²) in [5, 5.41) is 4.46. The molecule has 5 nitrogen and oxygen atoms in total. The highest BCUT2D eigenvalue weighted by Gasteiger charge is 2.21. The van der Waals surface area contributed by atoms with E-state index >= 15 is 0 Å². The van der Waals surface area contributed by atoms with Gasteiger partial charge in [-0.05, 0) is 15.9 Å². The van der Waals surface area contributed by atoms with E-state index < -0.39 is 5.97 Å². The molecule has 0 aliphatic rings. The smallest absolute Gasteiger partial charge is 0.341 e. The van der Waals surface area contributed by atoms with Crippen molar-refractivity contribution in [3.8, 4) is 0 Å². The molecule has 2 heterocycles. The number of hydrogen-bond acceptors (Lipinski definition) is 3. The van der Waals surface area contributed by atoms with Crippen molar-refractivity contribution in [2.75, 3.05) is 7.11 Å². The molecule has 7 heteroatoms. The molecular weight excluding hydrogens is 321 g/mol. The van der Waals surface area contributed by atoms with Crippen LogP contribution in [0.1, 0.15) is 15.9 Å². The van der Waals surface area contributed by atoms with Crippen LogP contribution in [0, 0.1) is 6.57 Å². The van der Waals surface area contributed by atoms with E-state index in [9.17, 15) is 4.79 Å². The Morgan fingerprint density at radius 3 is 3.06 bits per heavy atom. The minimum absolute atomic E-state index is 0.0669. The average Bonchev–Trinajstić information content (AvgIpc) is 2.77. The molecule has 2 aromatic heterocycles. The van der Waals surface area contributed by atoms with Crippen molar-refractivity contribution < 1.29 is 9.53 Å². The van der Waals surface area contributed by atoms with E-state index in [1.165, 1.54) is 17.8 Å². The van der Waals surface area contributed by atoms with Crippen LogP contribution in [0.4, 0.5) is 0 Å². The lowest BCUT2D eigenvalue weighted by atomic mass is 10.1. The molecule has 2 rings (SSSR count). The number of carbonyl (C=O) groups excluding carboxylic acids is 1. The van der Waals surface area contributed by atoms with Crippen molar-refractivity contribution in [2.45, 2.75) is 6.54 Å². The molecule has 18 heavy (non-hydrogen) atoms. The molecule has 0 fully saturated rings. The highest BCUT2D eigenvalue weighted by atomic mass is 79.9. The summed E-state index contributed by atoms with van der Waals surface area (Å²) in [5.41, 5.74) is 1.36. The molecule has 0 saturated heterocycles. The van der Waals surface area contributed by atoms with Gasteiger partial charge in [-0.25, -0.2) is 15.9 Å². The Hall–Kier alpha value is -1.58. The third-order valence-corrected chi connectivity index (χ3v) is 3.70. The summed E-state index contributed by atoms with van der Waals surface area (Å²) in [6.45, 7) is 7.03. The summed E-state index contributed by atoms with van der Waals surface area (Å²) in [6.07, 6.45) is 3.04. The van der Waals surface area contributed by atoms with Gasteiger partial charge in [-0.2, -0.15) is 5.10 Å².